The summed E-state index contributed by atoms with van der Waals surface area (Å²) >= 11 is 0. The van der Waals surface area contributed by atoms with Crippen LogP contribution in [0.15, 0.2) is 35.3 Å². The number of nitrogens with zero attached hydrogens (tertiary/aromatic N) is 2. The lowest BCUT2D eigenvalue weighted by Crippen LogP contribution is -2.39. The van der Waals surface area contributed by atoms with Crippen molar-refractivity contribution in [2.75, 3.05) is 39.8 Å². The lowest BCUT2D eigenvalue weighted by atomic mass is 10.2. The number of nitrogens with one attached hydrogen (secondary N) is 2. The summed E-state index contributed by atoms with van der Waals surface area (Å²) in [7, 11) is 2.17. The van der Waals surface area contributed by atoms with Crippen molar-refractivity contribution in [3.63, 3.8) is 0 Å². The number of guanidine groups is 1. The van der Waals surface area contributed by atoms with E-state index in [1.807, 2.05) is 0 Å². The van der Waals surface area contributed by atoms with E-state index in [1.54, 1.807) is 0 Å². The number of ether oxygens (including phenoxy) is 1. The zero-order valence-electron chi connectivity index (χ0n) is 15.5. The van der Waals surface area contributed by atoms with Crippen LogP contribution in [0.4, 0.5) is 0 Å². The molecule has 0 spiro atoms. The SMILES string of the molecule is CCNC(=NCC1CCCO1)NCCCN(C)Cc1ccccc1.I. The molecule has 142 valence electrons. The maximum Gasteiger partial charge on any atom is 0.191 e. The molecule has 1 saturated heterocycles. The van der Waals surface area contributed by atoms with Crippen molar-refractivity contribution in [2.45, 2.75) is 38.8 Å². The Hall–Kier alpha value is -0.860. The molecular weight excluding hydrogens is 427 g/mol. The normalized spacial score (nSPS) is 17.4. The van der Waals surface area contributed by atoms with Gasteiger partial charge >= 0.3 is 0 Å². The monoisotopic (exact) mass is 460 g/mol. The van der Waals surface area contributed by atoms with Gasteiger partial charge in [0, 0.05) is 26.2 Å². The maximum absolute atomic E-state index is 5.63. The van der Waals surface area contributed by atoms with Crippen molar-refractivity contribution in [3.05, 3.63) is 35.9 Å². The van der Waals surface area contributed by atoms with Crippen LogP contribution in [0.3, 0.4) is 0 Å². The molecule has 0 bridgehead atoms. The number of rotatable bonds is 9. The molecule has 25 heavy (non-hydrogen) atoms. The zero-order chi connectivity index (χ0) is 17.0. The molecule has 1 aromatic rings. The average molecular weight is 460 g/mol. The number of hydrogen-bond acceptors (Lipinski definition) is 3. The van der Waals surface area contributed by atoms with Crippen LogP contribution in [0.1, 0.15) is 31.7 Å². The Kier molecular flexibility index (Phi) is 11.9. The molecule has 1 aliphatic heterocycles. The van der Waals surface area contributed by atoms with Crippen molar-refractivity contribution in [1.82, 2.24) is 15.5 Å². The first-order chi connectivity index (χ1) is 11.8. The van der Waals surface area contributed by atoms with Gasteiger partial charge in [0.2, 0.25) is 0 Å². The summed E-state index contributed by atoms with van der Waals surface area (Å²) in [4.78, 5) is 6.99. The van der Waals surface area contributed by atoms with Crippen molar-refractivity contribution >= 4 is 29.9 Å². The van der Waals surface area contributed by atoms with Crippen molar-refractivity contribution in [1.29, 1.82) is 0 Å². The first kappa shape index (κ1) is 22.2. The second-order valence-electron chi connectivity index (χ2n) is 6.36. The highest BCUT2D eigenvalue weighted by atomic mass is 127. The number of benzene rings is 1. The van der Waals surface area contributed by atoms with Crippen LogP contribution in [0.5, 0.6) is 0 Å². The Morgan fingerprint density at radius 3 is 2.76 bits per heavy atom. The molecule has 0 aliphatic carbocycles. The minimum atomic E-state index is 0. The Balaban J connectivity index is 0.00000312. The van der Waals surface area contributed by atoms with Crippen molar-refractivity contribution in [3.8, 4) is 0 Å². The molecule has 0 radical (unpaired) electrons. The van der Waals surface area contributed by atoms with Gasteiger partial charge in [0.1, 0.15) is 0 Å². The minimum absolute atomic E-state index is 0. The molecule has 1 heterocycles. The first-order valence-electron chi connectivity index (χ1n) is 9.14. The fourth-order valence-electron chi connectivity index (χ4n) is 2.85. The highest BCUT2D eigenvalue weighted by Gasteiger charge is 2.14. The summed E-state index contributed by atoms with van der Waals surface area (Å²) in [5.74, 6) is 0.902. The van der Waals surface area contributed by atoms with Gasteiger partial charge in [-0.3, -0.25) is 4.99 Å². The van der Waals surface area contributed by atoms with E-state index in [0.717, 1.165) is 64.6 Å². The summed E-state index contributed by atoms with van der Waals surface area (Å²) < 4.78 is 5.63. The lowest BCUT2D eigenvalue weighted by molar-refractivity contribution is 0.117. The smallest absolute Gasteiger partial charge is 0.191 e. The highest BCUT2D eigenvalue weighted by Crippen LogP contribution is 2.11. The summed E-state index contributed by atoms with van der Waals surface area (Å²) in [5, 5.41) is 6.72. The van der Waals surface area contributed by atoms with Gasteiger partial charge in [-0.25, -0.2) is 0 Å². The topological polar surface area (TPSA) is 48.9 Å². The van der Waals surface area contributed by atoms with E-state index >= 15 is 0 Å². The lowest BCUT2D eigenvalue weighted by Gasteiger charge is -2.17. The van der Waals surface area contributed by atoms with Crippen molar-refractivity contribution in [2.24, 2.45) is 4.99 Å². The molecule has 2 rings (SSSR count). The van der Waals surface area contributed by atoms with E-state index in [9.17, 15) is 0 Å². The standard InChI is InChI=1S/C19H32N4O.HI/c1-3-20-19(22-15-18-11-7-14-24-18)21-12-8-13-23(2)16-17-9-5-4-6-10-17;/h4-6,9-10,18H,3,7-8,11-16H2,1-2H3,(H2,20,21,22);1H. The van der Waals surface area contributed by atoms with Crippen molar-refractivity contribution < 1.29 is 4.74 Å². The molecule has 1 fully saturated rings. The molecule has 1 unspecified atom stereocenters. The second kappa shape index (κ2) is 13.4. The Morgan fingerprint density at radius 2 is 2.08 bits per heavy atom. The fraction of sp³-hybridized carbons (Fsp3) is 0.632. The van der Waals surface area contributed by atoms with Crippen LogP contribution in [0.2, 0.25) is 0 Å². The minimum Gasteiger partial charge on any atom is -0.376 e. The number of halogens is 1. The first-order valence-corrected chi connectivity index (χ1v) is 9.14. The highest BCUT2D eigenvalue weighted by molar-refractivity contribution is 14.0. The molecule has 1 aromatic carbocycles. The van der Waals surface area contributed by atoms with Crippen LogP contribution < -0.4 is 10.6 Å². The molecule has 1 atom stereocenters. The van der Waals surface area contributed by atoms with Crippen LogP contribution >= 0.6 is 24.0 Å². The van der Waals surface area contributed by atoms with E-state index in [-0.39, 0.29) is 24.0 Å². The van der Waals surface area contributed by atoms with Gasteiger partial charge in [-0.2, -0.15) is 0 Å². The summed E-state index contributed by atoms with van der Waals surface area (Å²) in [5.41, 5.74) is 1.36. The van der Waals surface area contributed by atoms with Gasteiger partial charge < -0.3 is 20.3 Å². The van der Waals surface area contributed by atoms with Gasteiger partial charge in [-0.15, -0.1) is 24.0 Å². The van der Waals surface area contributed by atoms with Gasteiger partial charge in [-0.1, -0.05) is 30.3 Å². The molecule has 0 amide bonds. The molecule has 0 saturated carbocycles. The van der Waals surface area contributed by atoms with Gasteiger partial charge in [0.05, 0.1) is 12.6 Å². The van der Waals surface area contributed by atoms with Gasteiger partial charge in [0.25, 0.3) is 0 Å². The third-order valence-electron chi connectivity index (χ3n) is 4.13. The largest absolute Gasteiger partial charge is 0.376 e. The quantitative estimate of drug-likeness (QED) is 0.258. The Bertz CT molecular complexity index is 478. The zero-order valence-corrected chi connectivity index (χ0v) is 17.9. The molecule has 6 heteroatoms. The van der Waals surface area contributed by atoms with E-state index in [1.165, 1.54) is 5.56 Å². The summed E-state index contributed by atoms with van der Waals surface area (Å²) in [6.45, 7) is 7.60. The predicted molar refractivity (Wildman–Crippen MR) is 116 cm³/mol. The summed E-state index contributed by atoms with van der Waals surface area (Å²) in [6, 6.07) is 10.6. The summed E-state index contributed by atoms with van der Waals surface area (Å²) in [6.07, 6.45) is 3.69. The average Bonchev–Trinajstić information content (AvgIpc) is 3.11. The van der Waals surface area contributed by atoms with Gasteiger partial charge in [0.15, 0.2) is 5.96 Å². The maximum atomic E-state index is 5.63. The van der Waals surface area contributed by atoms with Crippen LogP contribution in [-0.4, -0.2) is 56.8 Å². The third kappa shape index (κ3) is 9.42. The second-order valence-corrected chi connectivity index (χ2v) is 6.36. The van der Waals surface area contributed by atoms with E-state index < -0.39 is 0 Å². The Morgan fingerprint density at radius 1 is 1.28 bits per heavy atom. The molecule has 0 aromatic heterocycles. The number of hydrogen-bond donors (Lipinski definition) is 2. The van der Waals surface area contributed by atoms with E-state index in [0.29, 0.717) is 6.10 Å². The molecule has 2 N–H and O–H groups in total. The predicted octanol–water partition coefficient (Wildman–Crippen LogP) is 2.86. The fourth-order valence-corrected chi connectivity index (χ4v) is 2.85. The van der Waals surface area contributed by atoms with Crippen LogP contribution in [0.25, 0.3) is 0 Å². The molecular formula is C19H33IN4O. The van der Waals surface area contributed by atoms with E-state index in [4.69, 9.17) is 4.74 Å². The Labute approximate surface area is 169 Å². The third-order valence-corrected chi connectivity index (χ3v) is 4.13. The van der Waals surface area contributed by atoms with Crippen LogP contribution in [-0.2, 0) is 11.3 Å². The molecule has 1 aliphatic rings. The molecule has 5 nitrogen and oxygen atoms in total. The van der Waals surface area contributed by atoms with Gasteiger partial charge in [-0.05, 0) is 45.3 Å². The van der Waals surface area contributed by atoms with E-state index in [2.05, 4.69) is 64.8 Å². The number of aliphatic imine (C=N–C) groups is 1. The van der Waals surface area contributed by atoms with Crippen LogP contribution in [0, 0.1) is 0 Å².